The number of hydrogen-bond acceptors (Lipinski definition) is 4. The molecule has 36 heavy (non-hydrogen) atoms. The Morgan fingerprint density at radius 3 is 1.92 bits per heavy atom. The lowest BCUT2D eigenvalue weighted by Gasteiger charge is -2.11. The fourth-order valence-corrected chi connectivity index (χ4v) is 3.60. The molecule has 0 spiro atoms. The predicted molar refractivity (Wildman–Crippen MR) is 145 cm³/mol. The molecule has 0 unspecified atom stereocenters. The van der Waals surface area contributed by atoms with Crippen LogP contribution in [0.15, 0.2) is 89.9 Å². The molecule has 4 aromatic rings. The summed E-state index contributed by atoms with van der Waals surface area (Å²) in [5.41, 5.74) is 7.64. The van der Waals surface area contributed by atoms with Crippen molar-refractivity contribution in [3.05, 3.63) is 124 Å². The van der Waals surface area contributed by atoms with Gasteiger partial charge < -0.3 is 10.1 Å². The van der Waals surface area contributed by atoms with E-state index >= 15 is 0 Å². The minimum absolute atomic E-state index is 0.142. The van der Waals surface area contributed by atoms with Crippen molar-refractivity contribution in [3.8, 4) is 5.75 Å². The van der Waals surface area contributed by atoms with E-state index in [-0.39, 0.29) is 5.91 Å². The molecule has 1 N–H and O–H groups in total. The van der Waals surface area contributed by atoms with Gasteiger partial charge in [-0.15, -0.1) is 0 Å². The van der Waals surface area contributed by atoms with E-state index in [0.717, 1.165) is 39.2 Å². The number of aliphatic imine (C=N–C) groups is 1. The van der Waals surface area contributed by atoms with Gasteiger partial charge in [-0.3, -0.25) is 9.79 Å². The maximum absolute atomic E-state index is 12.6. The molecule has 5 nitrogen and oxygen atoms in total. The molecule has 4 aromatic carbocycles. The number of aryl methyl sites for hydroxylation is 4. The summed E-state index contributed by atoms with van der Waals surface area (Å²) < 4.78 is 5.46. The Morgan fingerprint density at radius 2 is 1.31 bits per heavy atom. The van der Waals surface area contributed by atoms with Gasteiger partial charge in [0.25, 0.3) is 5.91 Å². The van der Waals surface area contributed by atoms with Gasteiger partial charge in [0.15, 0.2) is 0 Å². The summed E-state index contributed by atoms with van der Waals surface area (Å²) in [7, 11) is 0. The second-order valence-corrected chi connectivity index (χ2v) is 8.86. The number of rotatable bonds is 6. The van der Waals surface area contributed by atoms with Gasteiger partial charge in [0.05, 0.1) is 11.3 Å². The number of benzene rings is 4. The third-order valence-corrected chi connectivity index (χ3v) is 5.84. The molecule has 180 valence electrons. The summed E-state index contributed by atoms with van der Waals surface area (Å²) in [5.74, 6) is -0.0626. The highest BCUT2D eigenvalue weighted by Gasteiger charge is 2.10. The van der Waals surface area contributed by atoms with Crippen LogP contribution >= 0.6 is 0 Å². The molecule has 0 bridgehead atoms. The smallest absolute Gasteiger partial charge is 0.343 e. The van der Waals surface area contributed by atoms with Crippen LogP contribution in [-0.2, 0) is 0 Å². The number of carbonyl (C=O) groups excluding carboxylic acids is 2. The van der Waals surface area contributed by atoms with Crippen LogP contribution in [0.25, 0.3) is 0 Å². The van der Waals surface area contributed by atoms with Crippen molar-refractivity contribution in [2.24, 2.45) is 4.99 Å². The fourth-order valence-electron chi connectivity index (χ4n) is 3.60. The summed E-state index contributed by atoms with van der Waals surface area (Å²) in [6.07, 6.45) is 1.76. The Balaban J connectivity index is 1.41. The number of amides is 1. The third-order valence-electron chi connectivity index (χ3n) is 5.84. The average molecular weight is 477 g/mol. The zero-order valence-corrected chi connectivity index (χ0v) is 20.8. The van der Waals surface area contributed by atoms with Crippen molar-refractivity contribution in [2.75, 3.05) is 5.32 Å². The molecule has 0 heterocycles. The van der Waals surface area contributed by atoms with Gasteiger partial charge in [0.1, 0.15) is 5.75 Å². The van der Waals surface area contributed by atoms with Crippen LogP contribution in [0.5, 0.6) is 5.75 Å². The summed E-state index contributed by atoms with van der Waals surface area (Å²) in [4.78, 5) is 29.5. The molecule has 0 aromatic heterocycles. The van der Waals surface area contributed by atoms with Crippen LogP contribution in [-0.4, -0.2) is 18.1 Å². The molecule has 0 saturated heterocycles. The van der Waals surface area contributed by atoms with Crippen molar-refractivity contribution in [1.29, 1.82) is 0 Å². The minimum atomic E-state index is -0.392. The van der Waals surface area contributed by atoms with E-state index in [1.807, 2.05) is 88.4 Å². The summed E-state index contributed by atoms with van der Waals surface area (Å²) >= 11 is 0. The molecule has 1 amide bonds. The van der Waals surface area contributed by atoms with Gasteiger partial charge in [0, 0.05) is 17.5 Å². The molecule has 0 fully saturated rings. The van der Waals surface area contributed by atoms with E-state index in [0.29, 0.717) is 16.9 Å². The van der Waals surface area contributed by atoms with Gasteiger partial charge >= 0.3 is 5.97 Å². The highest BCUT2D eigenvalue weighted by Crippen LogP contribution is 2.27. The fraction of sp³-hybridized carbons (Fsp3) is 0.129. The largest absolute Gasteiger partial charge is 0.423 e. The number of nitrogens with zero attached hydrogens (tertiary/aromatic N) is 1. The van der Waals surface area contributed by atoms with Crippen molar-refractivity contribution in [2.45, 2.75) is 27.7 Å². The third kappa shape index (κ3) is 6.13. The SMILES string of the molecule is Cc1ccc(C(=O)Nc2cc(C)c(N=Cc3ccc(OC(=O)c4ccc(C)cc4)cc3)cc2C)cc1. The Bertz CT molecular complexity index is 1420. The number of ether oxygens (including phenoxy) is 1. The lowest BCUT2D eigenvalue weighted by atomic mass is 10.1. The van der Waals surface area contributed by atoms with E-state index < -0.39 is 5.97 Å². The molecule has 0 saturated carbocycles. The number of nitrogens with one attached hydrogen (secondary N) is 1. The number of esters is 1. The Labute approximate surface area is 211 Å². The maximum Gasteiger partial charge on any atom is 0.343 e. The monoisotopic (exact) mass is 476 g/mol. The lowest BCUT2D eigenvalue weighted by Crippen LogP contribution is -2.12. The van der Waals surface area contributed by atoms with Crippen molar-refractivity contribution < 1.29 is 14.3 Å². The van der Waals surface area contributed by atoms with Crippen LogP contribution in [0.1, 0.15) is 48.5 Å². The Morgan fingerprint density at radius 1 is 0.722 bits per heavy atom. The topological polar surface area (TPSA) is 67.8 Å². The summed E-state index contributed by atoms with van der Waals surface area (Å²) in [5, 5.41) is 2.99. The molecule has 5 heteroatoms. The molecule has 4 rings (SSSR count). The molecular weight excluding hydrogens is 448 g/mol. The normalized spacial score (nSPS) is 10.9. The van der Waals surface area contributed by atoms with Gasteiger partial charge in [-0.1, -0.05) is 35.4 Å². The molecule has 0 atom stereocenters. The Kier molecular flexibility index (Phi) is 7.40. The first-order valence-corrected chi connectivity index (χ1v) is 11.7. The van der Waals surface area contributed by atoms with E-state index in [1.54, 1.807) is 30.5 Å². The first kappa shape index (κ1) is 24.6. The van der Waals surface area contributed by atoms with Gasteiger partial charge in [-0.25, -0.2) is 4.79 Å². The van der Waals surface area contributed by atoms with Crippen molar-refractivity contribution in [3.63, 3.8) is 0 Å². The molecular formula is C31H28N2O3. The summed E-state index contributed by atoms with van der Waals surface area (Å²) in [6, 6.07) is 25.8. The molecule has 0 aliphatic heterocycles. The van der Waals surface area contributed by atoms with Crippen molar-refractivity contribution in [1.82, 2.24) is 0 Å². The minimum Gasteiger partial charge on any atom is -0.423 e. The highest BCUT2D eigenvalue weighted by molar-refractivity contribution is 6.04. The standard InChI is InChI=1S/C31H28N2O3/c1-20-5-11-25(12-6-20)30(34)33-29-18-22(3)28(17-23(29)4)32-19-24-9-15-27(16-10-24)36-31(35)26-13-7-21(2)8-14-26/h5-19H,1-4H3,(H,33,34). The van der Waals surface area contributed by atoms with Crippen LogP contribution in [0, 0.1) is 27.7 Å². The predicted octanol–water partition coefficient (Wildman–Crippen LogP) is 7.14. The first-order chi connectivity index (χ1) is 17.3. The lowest BCUT2D eigenvalue weighted by molar-refractivity contribution is 0.0734. The zero-order valence-electron chi connectivity index (χ0n) is 20.8. The number of hydrogen-bond donors (Lipinski definition) is 1. The zero-order chi connectivity index (χ0) is 25.7. The van der Waals surface area contributed by atoms with E-state index in [9.17, 15) is 9.59 Å². The summed E-state index contributed by atoms with van der Waals surface area (Å²) in [6.45, 7) is 7.86. The highest BCUT2D eigenvalue weighted by atomic mass is 16.5. The number of anilines is 1. The first-order valence-electron chi connectivity index (χ1n) is 11.7. The number of carbonyl (C=O) groups is 2. The maximum atomic E-state index is 12.6. The average Bonchev–Trinajstić information content (AvgIpc) is 2.87. The second-order valence-electron chi connectivity index (χ2n) is 8.86. The van der Waals surface area contributed by atoms with Crippen LogP contribution in [0.2, 0.25) is 0 Å². The van der Waals surface area contributed by atoms with Gasteiger partial charge in [-0.2, -0.15) is 0 Å². The van der Waals surface area contributed by atoms with E-state index in [4.69, 9.17) is 4.74 Å². The van der Waals surface area contributed by atoms with Crippen LogP contribution in [0.3, 0.4) is 0 Å². The second kappa shape index (κ2) is 10.8. The van der Waals surface area contributed by atoms with Gasteiger partial charge in [-0.05, 0) is 105 Å². The van der Waals surface area contributed by atoms with Crippen LogP contribution in [0.4, 0.5) is 11.4 Å². The van der Waals surface area contributed by atoms with Crippen molar-refractivity contribution >= 4 is 29.5 Å². The van der Waals surface area contributed by atoms with E-state index in [2.05, 4.69) is 10.3 Å². The quantitative estimate of drug-likeness (QED) is 0.183. The van der Waals surface area contributed by atoms with Crippen LogP contribution < -0.4 is 10.1 Å². The molecule has 0 aliphatic carbocycles. The molecule has 0 radical (unpaired) electrons. The molecule has 0 aliphatic rings. The Hall–Kier alpha value is -4.51. The van der Waals surface area contributed by atoms with E-state index in [1.165, 1.54) is 0 Å². The van der Waals surface area contributed by atoms with Gasteiger partial charge in [0.2, 0.25) is 0 Å².